The summed E-state index contributed by atoms with van der Waals surface area (Å²) < 4.78 is 24.0. The highest BCUT2D eigenvalue weighted by Gasteiger charge is 2.25. The van der Waals surface area contributed by atoms with Crippen molar-refractivity contribution in [2.24, 2.45) is 32.9 Å². The van der Waals surface area contributed by atoms with Gasteiger partial charge in [0.1, 0.15) is 36.8 Å². The lowest BCUT2D eigenvalue weighted by Gasteiger charge is -2.20. The van der Waals surface area contributed by atoms with E-state index in [9.17, 15) is 19.2 Å². The van der Waals surface area contributed by atoms with Gasteiger partial charge in [-0.05, 0) is 96.5 Å². The highest BCUT2D eigenvalue weighted by Crippen LogP contribution is 2.45. The van der Waals surface area contributed by atoms with E-state index in [1.54, 1.807) is 48.8 Å². The van der Waals surface area contributed by atoms with Gasteiger partial charge in [0.05, 0.1) is 24.6 Å². The Hall–Kier alpha value is -8.28. The summed E-state index contributed by atoms with van der Waals surface area (Å²) in [4.78, 5) is 69.3. The number of ether oxygens (including phenoxy) is 4. The van der Waals surface area contributed by atoms with Crippen LogP contribution in [-0.4, -0.2) is 84.0 Å². The van der Waals surface area contributed by atoms with Gasteiger partial charge in [-0.25, -0.2) is 9.59 Å². The van der Waals surface area contributed by atoms with Crippen LogP contribution in [0.3, 0.4) is 0 Å². The lowest BCUT2D eigenvalue weighted by molar-refractivity contribution is -0.150. The third-order valence-corrected chi connectivity index (χ3v) is 11.0. The van der Waals surface area contributed by atoms with Crippen molar-refractivity contribution in [3.8, 4) is 22.6 Å². The van der Waals surface area contributed by atoms with Crippen LogP contribution in [0.4, 0.5) is 0 Å². The Morgan fingerprint density at radius 3 is 1.33 bits per heavy atom. The van der Waals surface area contributed by atoms with E-state index in [1.165, 1.54) is 0 Å². The van der Waals surface area contributed by atoms with Crippen LogP contribution in [-0.2, 0) is 41.9 Å². The lowest BCUT2D eigenvalue weighted by Crippen LogP contribution is -2.42. The van der Waals surface area contributed by atoms with Gasteiger partial charge in [-0.2, -0.15) is 0 Å². The fourth-order valence-corrected chi connectivity index (χ4v) is 7.59. The molecule has 4 aromatic carbocycles. The summed E-state index contributed by atoms with van der Waals surface area (Å²) in [5.41, 5.74) is 24.6. The molecule has 18 heteroatoms. The monoisotopic (exact) mass is 952 g/mol. The Balaban J connectivity index is 1.12. The molecular formula is C52H60N10O8. The quantitative estimate of drug-likeness (QED) is 0.0165. The Kier molecular flexibility index (Phi) is 19.6. The van der Waals surface area contributed by atoms with E-state index in [4.69, 9.17) is 41.9 Å². The number of pyridine rings is 2. The molecular weight excluding hydrogens is 893 g/mol. The number of amides is 2. The molecule has 0 bridgehead atoms. The fourth-order valence-electron chi connectivity index (χ4n) is 7.59. The van der Waals surface area contributed by atoms with E-state index < -0.39 is 24.0 Å². The van der Waals surface area contributed by atoms with Gasteiger partial charge >= 0.3 is 11.9 Å². The molecule has 18 nitrogen and oxygen atoms in total. The SMILES string of the molecule is NC(N)=NCCC[C@@H](NC(=O)CCCOc1ccc2ccccc2c1-c1c(OCCCC(=O)N[C@H](CCCN=C(N)N)C(=O)OCc2ccccn2)ccc2ccccc12)C(=O)OCc1ccccn1. The number of rotatable bonds is 27. The van der Waals surface area contributed by atoms with Gasteiger partial charge in [-0.3, -0.25) is 29.5 Å². The number of nitrogens with zero attached hydrogens (tertiary/aromatic N) is 4. The number of guanidine groups is 2. The van der Waals surface area contributed by atoms with Crippen LogP contribution >= 0.6 is 0 Å². The highest BCUT2D eigenvalue weighted by atomic mass is 16.5. The molecule has 0 aliphatic rings. The molecule has 0 saturated carbocycles. The van der Waals surface area contributed by atoms with Crippen LogP contribution < -0.4 is 43.0 Å². The number of benzene rings is 4. The molecule has 366 valence electrons. The fraction of sp³-hybridized carbons (Fsp3) is 0.308. The standard InChI is InChI=1S/C52H60N10O8/c53-51(54)59-29-9-19-41(49(65)69-33-37-15-5-7-27-57-37)61-45(63)21-11-31-67-43-25-23-35-13-1-3-17-39(35)47(43)48-40-18-4-2-14-36(40)24-26-44(48)68-32-12-22-46(64)62-42(20-10-30-60-52(55)56)50(66)70-34-38-16-6-8-28-58-38/h1-8,13-18,23-28,41-42H,9-12,19-22,29-34H2,(H,61,63)(H,62,64)(H4,53,54,59)(H4,55,56,60)/t41-,42-/m1/s1. The van der Waals surface area contributed by atoms with Crippen LogP contribution in [0.1, 0.15) is 62.8 Å². The molecule has 6 aromatic rings. The second-order valence-corrected chi connectivity index (χ2v) is 16.2. The second kappa shape index (κ2) is 26.9. The molecule has 0 aliphatic heterocycles. The zero-order valence-electron chi connectivity index (χ0n) is 39.0. The molecule has 2 atom stereocenters. The van der Waals surface area contributed by atoms with Crippen molar-refractivity contribution in [1.29, 1.82) is 0 Å². The van der Waals surface area contributed by atoms with Crippen molar-refractivity contribution in [1.82, 2.24) is 20.6 Å². The average Bonchev–Trinajstić information content (AvgIpc) is 3.37. The van der Waals surface area contributed by atoms with E-state index in [1.807, 2.05) is 72.8 Å². The van der Waals surface area contributed by atoms with Crippen molar-refractivity contribution in [2.45, 2.75) is 76.7 Å². The Morgan fingerprint density at radius 2 is 0.929 bits per heavy atom. The minimum absolute atomic E-state index is 0.0403. The van der Waals surface area contributed by atoms with Crippen molar-refractivity contribution in [3.05, 3.63) is 133 Å². The van der Waals surface area contributed by atoms with E-state index >= 15 is 0 Å². The maximum Gasteiger partial charge on any atom is 0.329 e. The van der Waals surface area contributed by atoms with Gasteiger partial charge in [-0.15, -0.1) is 0 Å². The molecule has 2 aromatic heterocycles. The number of hydrogen-bond donors (Lipinski definition) is 6. The molecule has 10 N–H and O–H groups in total. The number of aliphatic imine (C=N–C) groups is 2. The van der Waals surface area contributed by atoms with Crippen LogP contribution in [0.15, 0.2) is 132 Å². The van der Waals surface area contributed by atoms with Gasteiger partial charge in [0, 0.05) is 49.5 Å². The van der Waals surface area contributed by atoms with E-state index in [0.717, 1.165) is 32.7 Å². The van der Waals surface area contributed by atoms with Crippen LogP contribution in [0.25, 0.3) is 32.7 Å². The lowest BCUT2D eigenvalue weighted by atomic mass is 9.92. The van der Waals surface area contributed by atoms with Crippen LogP contribution in [0, 0.1) is 0 Å². The average molecular weight is 953 g/mol. The molecule has 0 spiro atoms. The zero-order valence-corrected chi connectivity index (χ0v) is 39.0. The number of esters is 2. The van der Waals surface area contributed by atoms with Crippen molar-refractivity contribution >= 4 is 57.2 Å². The van der Waals surface area contributed by atoms with Gasteiger partial charge in [0.2, 0.25) is 11.8 Å². The summed E-state index contributed by atoms with van der Waals surface area (Å²) in [5, 5.41) is 9.45. The smallest absolute Gasteiger partial charge is 0.329 e. The number of fused-ring (bicyclic) bond motifs is 2. The molecule has 0 radical (unpaired) electrons. The van der Waals surface area contributed by atoms with E-state index in [-0.39, 0.29) is 88.9 Å². The summed E-state index contributed by atoms with van der Waals surface area (Å²) in [6, 6.07) is 32.5. The van der Waals surface area contributed by atoms with Gasteiger partial charge < -0.3 is 52.5 Å². The van der Waals surface area contributed by atoms with Crippen molar-refractivity contribution < 1.29 is 38.1 Å². The van der Waals surface area contributed by atoms with Crippen LogP contribution in [0.2, 0.25) is 0 Å². The summed E-state index contributed by atoms with van der Waals surface area (Å²) in [5.74, 6) is -0.835. The first kappa shape index (κ1) is 51.1. The Bertz CT molecular complexity index is 2540. The zero-order chi connectivity index (χ0) is 49.5. The van der Waals surface area contributed by atoms with E-state index in [2.05, 4.69) is 30.6 Å². The predicted molar refractivity (Wildman–Crippen MR) is 268 cm³/mol. The highest BCUT2D eigenvalue weighted by molar-refractivity contribution is 6.09. The molecule has 70 heavy (non-hydrogen) atoms. The minimum atomic E-state index is -0.922. The summed E-state index contributed by atoms with van der Waals surface area (Å²) in [6.45, 7) is 0.843. The first-order valence-corrected chi connectivity index (χ1v) is 23.2. The summed E-state index contributed by atoms with van der Waals surface area (Å²) in [7, 11) is 0. The van der Waals surface area contributed by atoms with Crippen molar-refractivity contribution in [2.75, 3.05) is 26.3 Å². The summed E-state index contributed by atoms with van der Waals surface area (Å²) >= 11 is 0. The largest absolute Gasteiger partial charge is 0.493 e. The molecule has 2 amide bonds. The molecule has 0 aliphatic carbocycles. The van der Waals surface area contributed by atoms with Crippen molar-refractivity contribution in [3.63, 3.8) is 0 Å². The number of hydrogen-bond acceptors (Lipinski definition) is 12. The summed E-state index contributed by atoms with van der Waals surface area (Å²) in [6.07, 6.45) is 5.41. The maximum atomic E-state index is 13.3. The third kappa shape index (κ3) is 15.9. The molecule has 0 saturated heterocycles. The second-order valence-electron chi connectivity index (χ2n) is 16.2. The van der Waals surface area contributed by atoms with Gasteiger partial charge in [-0.1, -0.05) is 72.8 Å². The third-order valence-electron chi connectivity index (χ3n) is 11.0. The molecule has 6 rings (SSSR count). The van der Waals surface area contributed by atoms with Gasteiger partial charge in [0.15, 0.2) is 11.9 Å². The minimum Gasteiger partial charge on any atom is -0.493 e. The number of carbonyl (C=O) groups is 4. The Morgan fingerprint density at radius 1 is 0.514 bits per heavy atom. The van der Waals surface area contributed by atoms with Gasteiger partial charge in [0.25, 0.3) is 0 Å². The van der Waals surface area contributed by atoms with E-state index in [0.29, 0.717) is 48.6 Å². The maximum absolute atomic E-state index is 13.3. The number of carbonyl (C=O) groups excluding carboxylic acids is 4. The number of nitrogens with one attached hydrogen (secondary N) is 2. The number of aromatic nitrogens is 2. The normalized spacial score (nSPS) is 11.7. The predicted octanol–water partition coefficient (Wildman–Crippen LogP) is 5.33. The number of nitrogens with two attached hydrogens (primary N) is 4. The molecule has 0 unspecified atom stereocenters. The van der Waals surface area contributed by atoms with Crippen LogP contribution in [0.5, 0.6) is 11.5 Å². The topological polar surface area (TPSA) is 284 Å². The Labute approximate surface area is 406 Å². The first-order valence-electron chi connectivity index (χ1n) is 23.2. The molecule has 0 fully saturated rings. The first-order chi connectivity index (χ1) is 34.0. The molecule has 2 heterocycles.